The lowest BCUT2D eigenvalue weighted by atomic mass is 9.79. The third kappa shape index (κ3) is 0.625. The lowest BCUT2D eigenvalue weighted by molar-refractivity contribution is 0.0719. The van der Waals surface area contributed by atoms with Crippen molar-refractivity contribution in [2.24, 2.45) is 22.1 Å². The van der Waals surface area contributed by atoms with E-state index in [4.69, 9.17) is 0 Å². The Morgan fingerprint density at radius 1 is 1.09 bits per heavy atom. The Hall–Kier alpha value is -0.440. The van der Waals surface area contributed by atoms with Crippen LogP contribution in [0.25, 0.3) is 0 Å². The van der Waals surface area contributed by atoms with E-state index >= 15 is 0 Å². The monoisotopic (exact) mass is 152 g/mol. The summed E-state index contributed by atoms with van der Waals surface area (Å²) in [5.74, 6) is 1.16. The molecule has 2 fully saturated rings. The van der Waals surface area contributed by atoms with E-state index in [-0.39, 0.29) is 11.8 Å². The Morgan fingerprint density at radius 2 is 1.64 bits per heavy atom. The van der Waals surface area contributed by atoms with Gasteiger partial charge in [0.25, 0.3) is 0 Å². The van der Waals surface area contributed by atoms with Gasteiger partial charge in [-0.05, 0) is 25.7 Å². The summed E-state index contributed by atoms with van der Waals surface area (Å²) in [6, 6.07) is 0. The van der Waals surface area contributed by atoms with E-state index in [2.05, 4.69) is 10.2 Å². The molecule has 2 unspecified atom stereocenters. The molecule has 1 aliphatic heterocycles. The van der Waals surface area contributed by atoms with Crippen LogP contribution in [0, 0.1) is 11.8 Å². The summed E-state index contributed by atoms with van der Waals surface area (Å²) in [6.45, 7) is 0. The molecular formula is C8H12N2O. The average Bonchev–Trinajstić information content (AvgIpc) is 2.66. The van der Waals surface area contributed by atoms with Crippen molar-refractivity contribution in [3.63, 3.8) is 0 Å². The molecule has 0 aromatic carbocycles. The van der Waals surface area contributed by atoms with Crippen molar-refractivity contribution in [2.75, 3.05) is 0 Å². The van der Waals surface area contributed by atoms with E-state index in [1.54, 1.807) is 0 Å². The maximum absolute atomic E-state index is 9.47. The van der Waals surface area contributed by atoms with Crippen LogP contribution in [0.1, 0.15) is 25.7 Å². The number of hydrogen-bond donors (Lipinski definition) is 1. The summed E-state index contributed by atoms with van der Waals surface area (Å²) < 4.78 is 0. The zero-order chi connectivity index (χ0) is 7.47. The van der Waals surface area contributed by atoms with Crippen molar-refractivity contribution in [1.29, 1.82) is 0 Å². The highest BCUT2D eigenvalue weighted by molar-refractivity contribution is 5.12. The standard InChI is InChI=1S/C8H12N2O/c11-7-3-5-1-2-6(4-7)8(5)9-10-8/h5-7,11H,1-4H2. The molecule has 1 N–H and O–H groups in total. The third-order valence-corrected chi connectivity index (χ3v) is 3.51. The maximum Gasteiger partial charge on any atom is 0.196 e. The Balaban J connectivity index is 1.91. The lowest BCUT2D eigenvalue weighted by Crippen LogP contribution is -2.36. The summed E-state index contributed by atoms with van der Waals surface area (Å²) in [7, 11) is 0. The van der Waals surface area contributed by atoms with Crippen molar-refractivity contribution in [1.82, 2.24) is 0 Å². The minimum Gasteiger partial charge on any atom is -0.393 e. The fraction of sp³-hybridized carbons (Fsp3) is 1.00. The molecule has 2 bridgehead atoms. The third-order valence-electron chi connectivity index (χ3n) is 3.51. The second-order valence-corrected chi connectivity index (χ2v) is 4.08. The molecule has 2 atom stereocenters. The summed E-state index contributed by atoms with van der Waals surface area (Å²) in [4.78, 5) is 0. The first-order valence-corrected chi connectivity index (χ1v) is 4.43. The largest absolute Gasteiger partial charge is 0.393 e. The van der Waals surface area contributed by atoms with Gasteiger partial charge in [0, 0.05) is 11.8 Å². The molecule has 2 aliphatic carbocycles. The van der Waals surface area contributed by atoms with Crippen LogP contribution in [0.4, 0.5) is 0 Å². The summed E-state index contributed by atoms with van der Waals surface area (Å²) in [5.41, 5.74) is 0.0270. The molecule has 3 aliphatic rings. The average molecular weight is 152 g/mol. The van der Waals surface area contributed by atoms with Crippen LogP contribution in [0.3, 0.4) is 0 Å². The second-order valence-electron chi connectivity index (χ2n) is 4.08. The highest BCUT2D eigenvalue weighted by Crippen LogP contribution is 2.58. The first kappa shape index (κ1) is 6.12. The van der Waals surface area contributed by atoms with Crippen LogP contribution in [0.2, 0.25) is 0 Å². The quantitative estimate of drug-likeness (QED) is 0.559. The van der Waals surface area contributed by atoms with Gasteiger partial charge in [-0.25, -0.2) is 0 Å². The molecule has 60 valence electrons. The smallest absolute Gasteiger partial charge is 0.196 e. The molecule has 11 heavy (non-hydrogen) atoms. The molecule has 0 saturated heterocycles. The van der Waals surface area contributed by atoms with E-state index in [1.807, 2.05) is 0 Å². The number of aliphatic hydroxyl groups is 1. The Labute approximate surface area is 65.5 Å². The van der Waals surface area contributed by atoms with Crippen molar-refractivity contribution in [3.8, 4) is 0 Å². The van der Waals surface area contributed by atoms with Gasteiger partial charge < -0.3 is 5.11 Å². The number of rotatable bonds is 0. The number of nitrogens with zero attached hydrogens (tertiary/aromatic N) is 2. The SMILES string of the molecule is OC1CC2CCC(C1)C21N=N1. The molecule has 3 nitrogen and oxygen atoms in total. The molecular weight excluding hydrogens is 140 g/mol. The highest BCUT2D eigenvalue weighted by Gasteiger charge is 2.61. The number of hydrogen-bond acceptors (Lipinski definition) is 3. The lowest BCUT2D eigenvalue weighted by Gasteiger charge is -2.28. The normalized spacial score (nSPS) is 50.1. The van der Waals surface area contributed by atoms with Crippen molar-refractivity contribution in [3.05, 3.63) is 0 Å². The molecule has 2 saturated carbocycles. The predicted octanol–water partition coefficient (Wildman–Crippen LogP) is 1.33. The van der Waals surface area contributed by atoms with Gasteiger partial charge in [-0.15, -0.1) is 0 Å². The van der Waals surface area contributed by atoms with Gasteiger partial charge in [0.05, 0.1) is 6.10 Å². The van der Waals surface area contributed by atoms with Gasteiger partial charge in [0.1, 0.15) is 0 Å². The fourth-order valence-electron chi connectivity index (χ4n) is 2.88. The van der Waals surface area contributed by atoms with Gasteiger partial charge >= 0.3 is 0 Å². The van der Waals surface area contributed by atoms with Crippen LogP contribution < -0.4 is 0 Å². The fourth-order valence-corrected chi connectivity index (χ4v) is 2.88. The summed E-state index contributed by atoms with van der Waals surface area (Å²) in [5, 5.41) is 17.8. The molecule has 3 heteroatoms. The minimum atomic E-state index is -0.0656. The van der Waals surface area contributed by atoms with E-state index in [9.17, 15) is 5.11 Å². The zero-order valence-electron chi connectivity index (χ0n) is 6.40. The van der Waals surface area contributed by atoms with Crippen LogP contribution in [-0.2, 0) is 0 Å². The van der Waals surface area contributed by atoms with E-state index in [0.29, 0.717) is 11.8 Å². The molecule has 0 amide bonds. The molecule has 3 rings (SSSR count). The van der Waals surface area contributed by atoms with Gasteiger partial charge in [-0.1, -0.05) is 0 Å². The Kier molecular flexibility index (Phi) is 0.922. The van der Waals surface area contributed by atoms with Crippen molar-refractivity contribution >= 4 is 0 Å². The highest BCUT2D eigenvalue weighted by atomic mass is 16.3. The van der Waals surface area contributed by atoms with Crippen molar-refractivity contribution in [2.45, 2.75) is 37.5 Å². The van der Waals surface area contributed by atoms with Crippen LogP contribution in [-0.4, -0.2) is 16.9 Å². The number of aliphatic hydroxyl groups excluding tert-OH is 1. The maximum atomic E-state index is 9.47. The molecule has 1 spiro atoms. The second kappa shape index (κ2) is 1.66. The van der Waals surface area contributed by atoms with Gasteiger partial charge in [0.15, 0.2) is 5.66 Å². The van der Waals surface area contributed by atoms with Crippen LogP contribution in [0.15, 0.2) is 10.2 Å². The first-order chi connectivity index (χ1) is 5.31. The van der Waals surface area contributed by atoms with Gasteiger partial charge in [-0.3, -0.25) is 0 Å². The molecule has 0 aromatic heterocycles. The molecule has 1 heterocycles. The topological polar surface area (TPSA) is 45.0 Å². The minimum absolute atomic E-state index is 0.0270. The van der Waals surface area contributed by atoms with E-state index < -0.39 is 0 Å². The van der Waals surface area contributed by atoms with Gasteiger partial charge in [0.2, 0.25) is 0 Å². The predicted molar refractivity (Wildman–Crippen MR) is 39.0 cm³/mol. The van der Waals surface area contributed by atoms with E-state index in [0.717, 1.165) is 12.8 Å². The molecule has 0 radical (unpaired) electrons. The first-order valence-electron chi connectivity index (χ1n) is 4.43. The van der Waals surface area contributed by atoms with E-state index in [1.165, 1.54) is 12.8 Å². The zero-order valence-corrected chi connectivity index (χ0v) is 6.40. The summed E-state index contributed by atoms with van der Waals surface area (Å²) in [6.07, 6.45) is 4.26. The summed E-state index contributed by atoms with van der Waals surface area (Å²) >= 11 is 0. The van der Waals surface area contributed by atoms with Crippen molar-refractivity contribution < 1.29 is 5.11 Å². The van der Waals surface area contributed by atoms with Crippen LogP contribution >= 0.6 is 0 Å². The Morgan fingerprint density at radius 3 is 2.09 bits per heavy atom. The van der Waals surface area contributed by atoms with Gasteiger partial charge in [-0.2, -0.15) is 10.2 Å². The molecule has 0 aromatic rings. The Bertz CT molecular complexity index is 204. The van der Waals surface area contributed by atoms with Crippen LogP contribution in [0.5, 0.6) is 0 Å².